The van der Waals surface area contributed by atoms with E-state index in [9.17, 15) is 24.3 Å². The van der Waals surface area contributed by atoms with Gasteiger partial charge in [0.15, 0.2) is 5.78 Å². The van der Waals surface area contributed by atoms with Crippen LogP contribution in [0.15, 0.2) is 49.6 Å². The first-order valence-corrected chi connectivity index (χ1v) is 9.66. The smallest absolute Gasteiger partial charge is 0.337 e. The normalized spacial score (nSPS) is 25.3. The van der Waals surface area contributed by atoms with Gasteiger partial charge in [0, 0.05) is 12.3 Å². The third-order valence-corrected chi connectivity index (χ3v) is 5.18. The SMILES string of the molecule is C=CCOC(=O)[C@@H]1C(=O)C[C@](C)(O)[C@H](C(=O)OCC=C)[C@@H]1c1ccc(C(=O)OC)cc1. The predicted molar refractivity (Wildman–Crippen MR) is 110 cm³/mol. The summed E-state index contributed by atoms with van der Waals surface area (Å²) in [6, 6.07) is 5.92. The Labute approximate surface area is 180 Å². The van der Waals surface area contributed by atoms with Crippen LogP contribution in [-0.2, 0) is 28.6 Å². The Hall–Kier alpha value is -3.26. The Morgan fingerprint density at radius 3 is 2.16 bits per heavy atom. The van der Waals surface area contributed by atoms with Gasteiger partial charge in [0.05, 0.1) is 24.2 Å². The molecule has 1 saturated carbocycles. The summed E-state index contributed by atoms with van der Waals surface area (Å²) in [4.78, 5) is 50.3. The maximum Gasteiger partial charge on any atom is 0.337 e. The quantitative estimate of drug-likeness (QED) is 0.288. The maximum absolute atomic E-state index is 12.9. The average Bonchev–Trinajstić information content (AvgIpc) is 2.74. The van der Waals surface area contributed by atoms with Crippen molar-refractivity contribution in [3.63, 3.8) is 0 Å². The van der Waals surface area contributed by atoms with E-state index < -0.39 is 53.5 Å². The van der Waals surface area contributed by atoms with Crippen LogP contribution in [0.25, 0.3) is 0 Å². The summed E-state index contributed by atoms with van der Waals surface area (Å²) in [5.41, 5.74) is -1.13. The molecular weight excluding hydrogens is 404 g/mol. The van der Waals surface area contributed by atoms with Gasteiger partial charge < -0.3 is 19.3 Å². The van der Waals surface area contributed by atoms with E-state index in [2.05, 4.69) is 17.9 Å². The number of hydrogen-bond donors (Lipinski definition) is 1. The minimum Gasteiger partial charge on any atom is -0.465 e. The number of esters is 3. The summed E-state index contributed by atoms with van der Waals surface area (Å²) in [5.74, 6) is -6.39. The molecule has 0 heterocycles. The van der Waals surface area contributed by atoms with E-state index in [-0.39, 0.29) is 18.8 Å². The van der Waals surface area contributed by atoms with Gasteiger partial charge >= 0.3 is 17.9 Å². The Balaban J connectivity index is 2.58. The first kappa shape index (κ1) is 24.0. The average molecular weight is 430 g/mol. The van der Waals surface area contributed by atoms with Crippen LogP contribution in [0.4, 0.5) is 0 Å². The second kappa shape index (κ2) is 10.2. The van der Waals surface area contributed by atoms with Crippen LogP contribution >= 0.6 is 0 Å². The van der Waals surface area contributed by atoms with Gasteiger partial charge in [-0.2, -0.15) is 0 Å². The third kappa shape index (κ3) is 5.27. The number of ketones is 1. The van der Waals surface area contributed by atoms with Crippen molar-refractivity contribution in [2.24, 2.45) is 11.8 Å². The lowest BCUT2D eigenvalue weighted by Crippen LogP contribution is -2.55. The highest BCUT2D eigenvalue weighted by Crippen LogP contribution is 2.46. The summed E-state index contributed by atoms with van der Waals surface area (Å²) in [6.07, 6.45) is 2.30. The molecule has 166 valence electrons. The molecule has 1 fully saturated rings. The van der Waals surface area contributed by atoms with Crippen LogP contribution in [0.2, 0.25) is 0 Å². The summed E-state index contributed by atoms with van der Waals surface area (Å²) < 4.78 is 15.0. The number of methoxy groups -OCH3 is 1. The highest BCUT2D eigenvalue weighted by molar-refractivity contribution is 6.03. The van der Waals surface area contributed by atoms with Gasteiger partial charge in [-0.15, -0.1) is 0 Å². The fraction of sp³-hybridized carbons (Fsp3) is 0.391. The van der Waals surface area contributed by atoms with Crippen molar-refractivity contribution >= 4 is 23.7 Å². The Morgan fingerprint density at radius 2 is 1.65 bits per heavy atom. The van der Waals surface area contributed by atoms with Gasteiger partial charge in [0.25, 0.3) is 0 Å². The second-order valence-corrected chi connectivity index (χ2v) is 7.43. The van der Waals surface area contributed by atoms with Crippen molar-refractivity contribution in [2.45, 2.75) is 24.9 Å². The zero-order chi connectivity index (χ0) is 23.2. The minimum atomic E-state index is -1.77. The number of carbonyl (C=O) groups is 4. The third-order valence-electron chi connectivity index (χ3n) is 5.18. The number of Topliss-reactive ketones (excluding diaryl/α,β-unsaturated/α-hetero) is 1. The van der Waals surface area contributed by atoms with E-state index in [0.29, 0.717) is 5.56 Å². The van der Waals surface area contributed by atoms with Crippen LogP contribution in [-0.4, -0.2) is 54.7 Å². The zero-order valence-electron chi connectivity index (χ0n) is 17.5. The Bertz CT molecular complexity index is 868. The van der Waals surface area contributed by atoms with Crippen molar-refractivity contribution in [2.75, 3.05) is 20.3 Å². The molecule has 0 radical (unpaired) electrons. The Kier molecular flexibility index (Phi) is 7.88. The molecule has 2 rings (SSSR count). The molecule has 8 heteroatoms. The lowest BCUT2D eigenvalue weighted by Gasteiger charge is -2.43. The molecule has 1 aromatic rings. The van der Waals surface area contributed by atoms with E-state index in [1.165, 1.54) is 50.5 Å². The molecule has 4 atom stereocenters. The maximum atomic E-state index is 12.9. The molecule has 1 N–H and O–H groups in total. The summed E-state index contributed by atoms with van der Waals surface area (Å²) >= 11 is 0. The molecule has 1 aliphatic rings. The highest BCUT2D eigenvalue weighted by atomic mass is 16.5. The van der Waals surface area contributed by atoms with Crippen LogP contribution in [0.1, 0.15) is 35.2 Å². The van der Waals surface area contributed by atoms with Gasteiger partial charge in [-0.3, -0.25) is 14.4 Å². The summed E-state index contributed by atoms with van der Waals surface area (Å²) in [6.45, 7) is 8.11. The first-order chi connectivity index (χ1) is 14.7. The summed E-state index contributed by atoms with van der Waals surface area (Å²) in [7, 11) is 1.24. The van der Waals surface area contributed by atoms with Gasteiger partial charge in [-0.1, -0.05) is 37.4 Å². The molecule has 0 unspecified atom stereocenters. The number of aliphatic hydroxyl groups is 1. The van der Waals surface area contributed by atoms with Gasteiger partial charge in [0.1, 0.15) is 19.1 Å². The monoisotopic (exact) mass is 430 g/mol. The largest absolute Gasteiger partial charge is 0.465 e. The van der Waals surface area contributed by atoms with Crippen molar-refractivity contribution in [3.8, 4) is 0 Å². The number of ether oxygens (including phenoxy) is 3. The number of benzene rings is 1. The van der Waals surface area contributed by atoms with E-state index in [1.807, 2.05) is 0 Å². The molecule has 0 aromatic heterocycles. The van der Waals surface area contributed by atoms with E-state index >= 15 is 0 Å². The lowest BCUT2D eigenvalue weighted by atomic mass is 9.61. The van der Waals surface area contributed by atoms with Crippen molar-refractivity contribution in [3.05, 3.63) is 60.7 Å². The second-order valence-electron chi connectivity index (χ2n) is 7.43. The fourth-order valence-electron chi connectivity index (χ4n) is 3.84. The predicted octanol–water partition coefficient (Wildman–Crippen LogP) is 1.97. The topological polar surface area (TPSA) is 116 Å². The fourth-order valence-corrected chi connectivity index (χ4v) is 3.84. The van der Waals surface area contributed by atoms with Gasteiger partial charge in [-0.25, -0.2) is 4.79 Å². The van der Waals surface area contributed by atoms with E-state index in [0.717, 1.165) is 0 Å². The Morgan fingerprint density at radius 1 is 1.10 bits per heavy atom. The van der Waals surface area contributed by atoms with Crippen LogP contribution in [0.5, 0.6) is 0 Å². The number of carbonyl (C=O) groups excluding carboxylic acids is 4. The van der Waals surface area contributed by atoms with Gasteiger partial charge in [-0.05, 0) is 24.6 Å². The number of hydrogen-bond acceptors (Lipinski definition) is 8. The summed E-state index contributed by atoms with van der Waals surface area (Å²) in [5, 5.41) is 11.0. The zero-order valence-corrected chi connectivity index (χ0v) is 17.5. The lowest BCUT2D eigenvalue weighted by molar-refractivity contribution is -0.172. The molecule has 31 heavy (non-hydrogen) atoms. The molecule has 8 nitrogen and oxygen atoms in total. The van der Waals surface area contributed by atoms with Crippen molar-refractivity contribution in [1.29, 1.82) is 0 Å². The molecule has 0 saturated heterocycles. The van der Waals surface area contributed by atoms with Gasteiger partial charge in [0.2, 0.25) is 0 Å². The minimum absolute atomic E-state index is 0.0983. The number of rotatable bonds is 8. The van der Waals surface area contributed by atoms with Crippen molar-refractivity contribution < 1.29 is 38.5 Å². The van der Waals surface area contributed by atoms with Crippen LogP contribution in [0.3, 0.4) is 0 Å². The highest BCUT2D eigenvalue weighted by Gasteiger charge is 2.57. The van der Waals surface area contributed by atoms with Crippen LogP contribution in [0, 0.1) is 11.8 Å². The van der Waals surface area contributed by atoms with Crippen LogP contribution < -0.4 is 0 Å². The molecule has 0 amide bonds. The molecule has 0 spiro atoms. The molecule has 0 bridgehead atoms. The molecule has 0 aliphatic heterocycles. The first-order valence-electron chi connectivity index (χ1n) is 9.66. The molecule has 1 aromatic carbocycles. The van der Waals surface area contributed by atoms with E-state index in [4.69, 9.17) is 9.47 Å². The molecular formula is C23H26O8. The molecule has 1 aliphatic carbocycles. The van der Waals surface area contributed by atoms with E-state index in [1.54, 1.807) is 0 Å². The standard InChI is InChI=1S/C23H26O8/c1-5-11-30-21(26)18-16(24)13-23(3,28)19(22(27)31-12-6-2)17(18)14-7-9-15(10-8-14)20(25)29-4/h5-10,17-19,28H,1-2,11-13H2,3-4H3/t17-,18-,19+,23+/m1/s1. The van der Waals surface area contributed by atoms with Crippen molar-refractivity contribution in [1.82, 2.24) is 0 Å².